The van der Waals surface area contributed by atoms with Crippen molar-refractivity contribution in [1.82, 2.24) is 0 Å². The summed E-state index contributed by atoms with van der Waals surface area (Å²) in [5.74, 6) is -0.570. The lowest BCUT2D eigenvalue weighted by Gasteiger charge is -2.26. The van der Waals surface area contributed by atoms with Crippen molar-refractivity contribution in [3.63, 3.8) is 0 Å². The van der Waals surface area contributed by atoms with Gasteiger partial charge in [-0.05, 0) is 53.5 Å². The molecule has 3 nitrogen and oxygen atoms in total. The van der Waals surface area contributed by atoms with E-state index in [2.05, 4.69) is 15.9 Å². The molecule has 0 aliphatic carbocycles. The van der Waals surface area contributed by atoms with Gasteiger partial charge in [0, 0.05) is 17.8 Å². The first-order valence-corrected chi connectivity index (χ1v) is 7.42. The topological polar surface area (TPSA) is 53.1 Å². The summed E-state index contributed by atoms with van der Waals surface area (Å²) in [4.78, 5) is 1.90. The van der Waals surface area contributed by atoms with Gasteiger partial charge in [0.25, 0.3) is 0 Å². The monoisotopic (exact) mass is 349 g/mol. The number of anilines is 2. The van der Waals surface area contributed by atoms with Gasteiger partial charge in [0.05, 0.1) is 10.2 Å². The number of aryl methyl sites for hydroxylation is 1. The molecule has 2 rings (SSSR count). The molecule has 0 heterocycles. The summed E-state index contributed by atoms with van der Waals surface area (Å²) in [5.41, 5.74) is 8.30. The Balaban J connectivity index is 2.57. The molecule has 21 heavy (non-hydrogen) atoms. The third kappa shape index (κ3) is 2.93. The molecular formula is C16H17BrFN3. The Labute approximate surface area is 132 Å². The van der Waals surface area contributed by atoms with Crippen molar-refractivity contribution in [2.75, 3.05) is 11.4 Å². The summed E-state index contributed by atoms with van der Waals surface area (Å²) in [6.07, 6.45) is 0. The Kier molecular flexibility index (Phi) is 4.63. The van der Waals surface area contributed by atoms with Gasteiger partial charge in [-0.2, -0.15) is 0 Å². The van der Waals surface area contributed by atoms with Crippen molar-refractivity contribution in [3.8, 4) is 0 Å². The lowest BCUT2D eigenvalue weighted by atomic mass is 10.1. The highest BCUT2D eigenvalue weighted by Gasteiger charge is 2.18. The highest BCUT2D eigenvalue weighted by molar-refractivity contribution is 9.10. The van der Waals surface area contributed by atoms with E-state index in [0.717, 1.165) is 11.3 Å². The second-order valence-electron chi connectivity index (χ2n) is 4.70. The number of hydrogen-bond acceptors (Lipinski definition) is 2. The van der Waals surface area contributed by atoms with E-state index >= 15 is 0 Å². The number of benzene rings is 2. The van der Waals surface area contributed by atoms with E-state index in [4.69, 9.17) is 11.1 Å². The van der Waals surface area contributed by atoms with Crippen molar-refractivity contribution in [2.24, 2.45) is 5.73 Å². The van der Waals surface area contributed by atoms with Crippen LogP contribution in [0, 0.1) is 18.2 Å². The smallest absolute Gasteiger partial charge is 0.161 e. The molecule has 0 bridgehead atoms. The van der Waals surface area contributed by atoms with Crippen LogP contribution in [0.4, 0.5) is 15.8 Å². The number of nitrogen functional groups attached to an aromatic ring is 1. The van der Waals surface area contributed by atoms with Gasteiger partial charge in [0.2, 0.25) is 0 Å². The Hall–Kier alpha value is -1.88. The predicted molar refractivity (Wildman–Crippen MR) is 89.0 cm³/mol. The zero-order valence-electron chi connectivity index (χ0n) is 12.0. The van der Waals surface area contributed by atoms with Gasteiger partial charge >= 0.3 is 0 Å². The first-order valence-electron chi connectivity index (χ1n) is 6.63. The number of hydrogen-bond donors (Lipinski definition) is 2. The first-order chi connectivity index (χ1) is 9.97. The van der Waals surface area contributed by atoms with Gasteiger partial charge in [-0.25, -0.2) is 4.39 Å². The number of nitrogens with two attached hydrogens (primary N) is 1. The number of para-hydroxylation sites is 1. The lowest BCUT2D eigenvalue weighted by Crippen LogP contribution is -2.20. The van der Waals surface area contributed by atoms with Crippen LogP contribution in [0.2, 0.25) is 0 Å². The van der Waals surface area contributed by atoms with E-state index in [0.29, 0.717) is 17.8 Å². The molecule has 0 radical (unpaired) electrons. The second-order valence-corrected chi connectivity index (χ2v) is 5.50. The number of amidine groups is 1. The van der Waals surface area contributed by atoms with Gasteiger partial charge in [0.15, 0.2) is 5.82 Å². The van der Waals surface area contributed by atoms with Crippen LogP contribution in [0.15, 0.2) is 40.9 Å². The van der Waals surface area contributed by atoms with Crippen molar-refractivity contribution in [3.05, 3.63) is 57.8 Å². The van der Waals surface area contributed by atoms with Crippen LogP contribution in [-0.4, -0.2) is 12.4 Å². The van der Waals surface area contributed by atoms with E-state index in [1.807, 2.05) is 43.0 Å². The van der Waals surface area contributed by atoms with Gasteiger partial charge in [-0.1, -0.05) is 18.2 Å². The van der Waals surface area contributed by atoms with Gasteiger partial charge in [0.1, 0.15) is 5.84 Å². The average molecular weight is 350 g/mol. The van der Waals surface area contributed by atoms with Gasteiger partial charge in [-0.3, -0.25) is 5.41 Å². The molecule has 0 spiro atoms. The molecule has 0 amide bonds. The Morgan fingerprint density at radius 3 is 2.48 bits per heavy atom. The van der Waals surface area contributed by atoms with Crippen LogP contribution in [0.3, 0.4) is 0 Å². The highest BCUT2D eigenvalue weighted by Crippen LogP contribution is 2.34. The minimum atomic E-state index is -0.409. The van der Waals surface area contributed by atoms with Crippen LogP contribution >= 0.6 is 15.9 Å². The number of halogens is 2. The molecule has 0 saturated heterocycles. The van der Waals surface area contributed by atoms with Crippen LogP contribution in [0.5, 0.6) is 0 Å². The SMILES string of the molecule is CCN(c1ccccc1C)c1ccc(C(=N)N)c(Br)c1F. The van der Waals surface area contributed by atoms with Crippen molar-refractivity contribution in [1.29, 1.82) is 5.41 Å². The first kappa shape index (κ1) is 15.5. The van der Waals surface area contributed by atoms with Crippen LogP contribution in [-0.2, 0) is 0 Å². The normalized spacial score (nSPS) is 10.5. The molecule has 5 heteroatoms. The predicted octanol–water partition coefficient (Wildman–Crippen LogP) is 4.34. The Bertz CT molecular complexity index is 685. The summed E-state index contributed by atoms with van der Waals surface area (Å²) in [7, 11) is 0. The molecule has 110 valence electrons. The molecule has 0 unspecified atom stereocenters. The summed E-state index contributed by atoms with van der Waals surface area (Å²) >= 11 is 3.20. The van der Waals surface area contributed by atoms with Crippen molar-refractivity contribution < 1.29 is 4.39 Å². The zero-order valence-corrected chi connectivity index (χ0v) is 13.5. The van der Waals surface area contributed by atoms with E-state index in [1.165, 1.54) is 0 Å². The molecule has 2 aromatic rings. The maximum atomic E-state index is 14.6. The van der Waals surface area contributed by atoms with Crippen molar-refractivity contribution in [2.45, 2.75) is 13.8 Å². The van der Waals surface area contributed by atoms with E-state index in [1.54, 1.807) is 12.1 Å². The third-order valence-corrected chi connectivity index (χ3v) is 4.14. The van der Waals surface area contributed by atoms with Crippen LogP contribution < -0.4 is 10.6 Å². The Morgan fingerprint density at radius 2 is 1.90 bits per heavy atom. The molecule has 0 saturated carbocycles. The third-order valence-electron chi connectivity index (χ3n) is 3.37. The minimum absolute atomic E-state index is 0.161. The van der Waals surface area contributed by atoms with Crippen LogP contribution in [0.1, 0.15) is 18.1 Å². The summed E-state index contributed by atoms with van der Waals surface area (Å²) < 4.78 is 14.9. The summed E-state index contributed by atoms with van der Waals surface area (Å²) in [6, 6.07) is 11.2. The molecule has 0 aliphatic heterocycles. The molecule has 0 atom stereocenters. The molecule has 0 aliphatic rings. The number of nitrogens with zero attached hydrogens (tertiary/aromatic N) is 1. The van der Waals surface area contributed by atoms with E-state index in [9.17, 15) is 4.39 Å². The fourth-order valence-corrected chi connectivity index (χ4v) is 2.84. The molecule has 3 N–H and O–H groups in total. The fourth-order valence-electron chi connectivity index (χ4n) is 2.29. The quantitative estimate of drug-likeness (QED) is 0.637. The largest absolute Gasteiger partial charge is 0.384 e. The van der Waals surface area contributed by atoms with E-state index < -0.39 is 5.82 Å². The maximum Gasteiger partial charge on any atom is 0.161 e. The molecular weight excluding hydrogens is 333 g/mol. The molecule has 0 fully saturated rings. The standard InChI is InChI=1S/C16H17BrFN3/c1-3-21(12-7-5-4-6-10(12)2)13-9-8-11(16(19)20)14(17)15(13)18/h4-9H,3H2,1-2H3,(H3,19,20). The fraction of sp³-hybridized carbons (Fsp3) is 0.188. The van der Waals surface area contributed by atoms with Gasteiger partial charge < -0.3 is 10.6 Å². The number of nitrogens with one attached hydrogen (secondary N) is 1. The van der Waals surface area contributed by atoms with E-state index in [-0.39, 0.29) is 10.3 Å². The maximum absolute atomic E-state index is 14.6. The zero-order chi connectivity index (χ0) is 15.6. The summed E-state index contributed by atoms with van der Waals surface area (Å²) in [5, 5.41) is 7.46. The molecule has 0 aromatic heterocycles. The van der Waals surface area contributed by atoms with Gasteiger partial charge in [-0.15, -0.1) is 0 Å². The number of rotatable bonds is 4. The van der Waals surface area contributed by atoms with Crippen molar-refractivity contribution >= 4 is 33.1 Å². The average Bonchev–Trinajstić information content (AvgIpc) is 2.45. The van der Waals surface area contributed by atoms with Crippen LogP contribution in [0.25, 0.3) is 0 Å². The second kappa shape index (κ2) is 6.26. The minimum Gasteiger partial charge on any atom is -0.384 e. The lowest BCUT2D eigenvalue weighted by molar-refractivity contribution is 0.618. The molecule has 2 aromatic carbocycles. The highest BCUT2D eigenvalue weighted by atomic mass is 79.9. The Morgan fingerprint density at radius 1 is 1.24 bits per heavy atom. The summed E-state index contributed by atoms with van der Waals surface area (Å²) in [6.45, 7) is 4.60.